The molecule has 1 aliphatic carbocycles. The topological polar surface area (TPSA) is 37.3 Å². The molecule has 0 fully saturated rings. The summed E-state index contributed by atoms with van der Waals surface area (Å²) in [6.45, 7) is 4.25. The molecule has 0 bridgehead atoms. The van der Waals surface area contributed by atoms with E-state index < -0.39 is 0 Å². The van der Waals surface area contributed by atoms with Crippen molar-refractivity contribution < 1.29 is 9.90 Å². The van der Waals surface area contributed by atoms with Gasteiger partial charge in [0.2, 0.25) is 0 Å². The maximum Gasteiger partial charge on any atom is 0.189 e. The molecule has 0 saturated carbocycles. The zero-order valence-electron chi connectivity index (χ0n) is 10.3. The second kappa shape index (κ2) is 4.46. The summed E-state index contributed by atoms with van der Waals surface area (Å²) < 4.78 is 0. The number of allylic oxidation sites excluding steroid dienone is 1. The van der Waals surface area contributed by atoms with E-state index in [-0.39, 0.29) is 23.7 Å². The van der Waals surface area contributed by atoms with Gasteiger partial charge in [0.15, 0.2) is 5.78 Å². The molecular formula is C15H18O2. The second-order valence-corrected chi connectivity index (χ2v) is 5.37. The fourth-order valence-electron chi connectivity index (χ4n) is 2.51. The van der Waals surface area contributed by atoms with Gasteiger partial charge in [0.05, 0.1) is 6.61 Å². The zero-order chi connectivity index (χ0) is 12.5. The molecule has 1 unspecified atom stereocenters. The number of carbonyl (C=O) groups excluding carboxylic acids is 1. The minimum Gasteiger partial charge on any atom is -0.396 e. The van der Waals surface area contributed by atoms with Crippen molar-refractivity contribution >= 4 is 5.78 Å². The molecule has 2 rings (SSSR count). The quantitative estimate of drug-likeness (QED) is 0.811. The van der Waals surface area contributed by atoms with Crippen molar-refractivity contribution in [3.05, 3.63) is 47.5 Å². The number of hydrogen-bond acceptors (Lipinski definition) is 2. The molecule has 90 valence electrons. The first-order valence-electron chi connectivity index (χ1n) is 5.97. The number of benzene rings is 1. The summed E-state index contributed by atoms with van der Waals surface area (Å²) in [5, 5.41) is 9.37. The number of Topliss-reactive ketones (excluding diaryl/α,β-unsaturated/α-hetero) is 1. The molecule has 1 aromatic rings. The van der Waals surface area contributed by atoms with E-state index in [0.717, 1.165) is 12.0 Å². The highest BCUT2D eigenvalue weighted by atomic mass is 16.3. The van der Waals surface area contributed by atoms with Crippen molar-refractivity contribution in [2.45, 2.75) is 20.3 Å². The Morgan fingerprint density at radius 3 is 2.59 bits per heavy atom. The molecule has 0 radical (unpaired) electrons. The van der Waals surface area contributed by atoms with Gasteiger partial charge >= 0.3 is 0 Å². The first-order chi connectivity index (χ1) is 8.03. The van der Waals surface area contributed by atoms with Crippen molar-refractivity contribution in [2.75, 3.05) is 6.61 Å². The van der Waals surface area contributed by atoms with Crippen LogP contribution in [0.2, 0.25) is 0 Å². The molecule has 1 atom stereocenters. The Labute approximate surface area is 102 Å². The zero-order valence-corrected chi connectivity index (χ0v) is 10.3. The second-order valence-electron chi connectivity index (χ2n) is 5.37. The van der Waals surface area contributed by atoms with Crippen molar-refractivity contribution in [3.8, 4) is 0 Å². The highest BCUT2D eigenvalue weighted by molar-refractivity contribution is 6.09. The lowest BCUT2D eigenvalue weighted by atomic mass is 9.89. The molecule has 2 heteroatoms. The number of ketones is 1. The van der Waals surface area contributed by atoms with Gasteiger partial charge in [-0.25, -0.2) is 0 Å². The maximum absolute atomic E-state index is 12.3. The summed E-state index contributed by atoms with van der Waals surface area (Å²) in [4.78, 5) is 12.3. The number of rotatable bonds is 3. The lowest BCUT2D eigenvalue weighted by Gasteiger charge is -2.16. The Hall–Kier alpha value is -1.41. The smallest absolute Gasteiger partial charge is 0.189 e. The Kier molecular flexibility index (Phi) is 3.16. The van der Waals surface area contributed by atoms with Crippen LogP contribution >= 0.6 is 0 Å². The van der Waals surface area contributed by atoms with Gasteiger partial charge in [-0.05, 0) is 11.8 Å². The van der Waals surface area contributed by atoms with Crippen LogP contribution in [0, 0.1) is 11.3 Å². The summed E-state index contributed by atoms with van der Waals surface area (Å²) in [5.41, 5.74) is 1.48. The van der Waals surface area contributed by atoms with Crippen LogP contribution in [-0.2, 0) is 0 Å². The molecule has 0 heterocycles. The SMILES string of the molecule is CC1(C)C=C(C(=O)c2ccccc2)C(CO)C1. The molecule has 1 N–H and O–H groups in total. The predicted molar refractivity (Wildman–Crippen MR) is 67.8 cm³/mol. The number of carbonyl (C=O) groups is 1. The molecule has 1 aliphatic rings. The van der Waals surface area contributed by atoms with Crippen LogP contribution in [0.5, 0.6) is 0 Å². The Bertz CT molecular complexity index is 443. The monoisotopic (exact) mass is 230 g/mol. The van der Waals surface area contributed by atoms with E-state index in [1.807, 2.05) is 36.4 Å². The normalized spacial score (nSPS) is 22.3. The van der Waals surface area contributed by atoms with E-state index >= 15 is 0 Å². The van der Waals surface area contributed by atoms with Crippen molar-refractivity contribution in [2.24, 2.45) is 11.3 Å². The van der Waals surface area contributed by atoms with Gasteiger partial charge in [0.1, 0.15) is 0 Å². The van der Waals surface area contributed by atoms with Crippen LogP contribution in [0.15, 0.2) is 42.0 Å². The van der Waals surface area contributed by atoms with Crippen LogP contribution in [0.1, 0.15) is 30.6 Å². The Morgan fingerprint density at radius 2 is 2.00 bits per heavy atom. The maximum atomic E-state index is 12.3. The van der Waals surface area contributed by atoms with Crippen LogP contribution < -0.4 is 0 Å². The lowest BCUT2D eigenvalue weighted by Crippen LogP contribution is -2.14. The van der Waals surface area contributed by atoms with Crippen molar-refractivity contribution in [3.63, 3.8) is 0 Å². The molecule has 0 amide bonds. The number of hydrogen-bond donors (Lipinski definition) is 1. The van der Waals surface area contributed by atoms with Gasteiger partial charge in [-0.1, -0.05) is 50.3 Å². The minimum atomic E-state index is -0.0160. The Balaban J connectivity index is 2.31. The fraction of sp³-hybridized carbons (Fsp3) is 0.400. The summed E-state index contributed by atoms with van der Waals surface area (Å²) in [7, 11) is 0. The number of aliphatic hydroxyl groups is 1. The first-order valence-corrected chi connectivity index (χ1v) is 5.97. The summed E-state index contributed by atoms with van der Waals surface area (Å²) in [6, 6.07) is 9.27. The van der Waals surface area contributed by atoms with Crippen LogP contribution in [0.4, 0.5) is 0 Å². The van der Waals surface area contributed by atoms with Gasteiger partial charge in [-0.2, -0.15) is 0 Å². The Morgan fingerprint density at radius 1 is 1.35 bits per heavy atom. The third-order valence-electron chi connectivity index (χ3n) is 3.28. The largest absolute Gasteiger partial charge is 0.396 e. The van der Waals surface area contributed by atoms with Gasteiger partial charge in [-0.15, -0.1) is 0 Å². The average Bonchev–Trinajstić information content (AvgIpc) is 2.65. The van der Waals surface area contributed by atoms with Crippen molar-refractivity contribution in [1.29, 1.82) is 0 Å². The van der Waals surface area contributed by atoms with Crippen LogP contribution in [0.25, 0.3) is 0 Å². The van der Waals surface area contributed by atoms with E-state index in [9.17, 15) is 9.90 Å². The molecule has 0 saturated heterocycles. The predicted octanol–water partition coefficient (Wildman–Crippen LogP) is 2.83. The summed E-state index contributed by atoms with van der Waals surface area (Å²) in [5.74, 6) is 0.0351. The molecule has 1 aromatic carbocycles. The summed E-state index contributed by atoms with van der Waals surface area (Å²) in [6.07, 6.45) is 2.86. The van der Waals surface area contributed by atoms with Gasteiger partial charge < -0.3 is 5.11 Å². The fourth-order valence-corrected chi connectivity index (χ4v) is 2.51. The average molecular weight is 230 g/mol. The highest BCUT2D eigenvalue weighted by Gasteiger charge is 2.34. The molecule has 2 nitrogen and oxygen atoms in total. The van der Waals surface area contributed by atoms with Crippen LogP contribution in [-0.4, -0.2) is 17.5 Å². The van der Waals surface area contributed by atoms with E-state index in [2.05, 4.69) is 13.8 Å². The van der Waals surface area contributed by atoms with Crippen LogP contribution in [0.3, 0.4) is 0 Å². The number of aliphatic hydroxyl groups excluding tert-OH is 1. The molecule has 0 aromatic heterocycles. The first kappa shape index (κ1) is 12.1. The lowest BCUT2D eigenvalue weighted by molar-refractivity contribution is 0.101. The third kappa shape index (κ3) is 2.47. The summed E-state index contributed by atoms with van der Waals surface area (Å²) >= 11 is 0. The third-order valence-corrected chi connectivity index (χ3v) is 3.28. The van der Waals surface area contributed by atoms with Gasteiger partial charge in [0.25, 0.3) is 0 Å². The molecule has 0 spiro atoms. The van der Waals surface area contributed by atoms with E-state index in [0.29, 0.717) is 5.56 Å². The minimum absolute atomic E-state index is 0.00711. The molecular weight excluding hydrogens is 212 g/mol. The van der Waals surface area contributed by atoms with E-state index in [1.165, 1.54) is 0 Å². The van der Waals surface area contributed by atoms with E-state index in [1.54, 1.807) is 0 Å². The van der Waals surface area contributed by atoms with Gasteiger partial charge in [0, 0.05) is 17.1 Å². The standard InChI is InChI=1S/C15H18O2/c1-15(2)8-12(10-16)13(9-15)14(17)11-6-4-3-5-7-11/h3-7,9,12,16H,8,10H2,1-2H3. The van der Waals surface area contributed by atoms with E-state index in [4.69, 9.17) is 0 Å². The molecule has 0 aliphatic heterocycles. The molecule has 17 heavy (non-hydrogen) atoms. The van der Waals surface area contributed by atoms with Crippen molar-refractivity contribution in [1.82, 2.24) is 0 Å². The van der Waals surface area contributed by atoms with Gasteiger partial charge in [-0.3, -0.25) is 4.79 Å². The highest BCUT2D eigenvalue weighted by Crippen LogP contribution is 2.40.